The molecule has 0 spiro atoms. The number of nitrogens with zero attached hydrogens (tertiary/aromatic N) is 1. The van der Waals surface area contributed by atoms with Crippen LogP contribution in [0.4, 0.5) is 0 Å². The van der Waals surface area contributed by atoms with Gasteiger partial charge in [0.05, 0.1) is 6.04 Å². The lowest BCUT2D eigenvalue weighted by atomic mass is 10.1. The number of thioether (sulfide) groups is 1. The number of nitrogens with two attached hydrogens (primary N) is 1. The van der Waals surface area contributed by atoms with E-state index in [2.05, 4.69) is 17.1 Å². The van der Waals surface area contributed by atoms with Gasteiger partial charge in [-0.2, -0.15) is 0 Å². The zero-order chi connectivity index (χ0) is 8.39. The van der Waals surface area contributed by atoms with Gasteiger partial charge in [-0.25, -0.2) is 0 Å². The van der Waals surface area contributed by atoms with Gasteiger partial charge < -0.3 is 5.73 Å². The molecule has 0 saturated carbocycles. The van der Waals surface area contributed by atoms with Gasteiger partial charge in [-0.05, 0) is 5.56 Å². The smallest absolute Gasteiger partial charge is 0.154 e. The van der Waals surface area contributed by atoms with E-state index in [9.17, 15) is 0 Å². The highest BCUT2D eigenvalue weighted by Gasteiger charge is 2.16. The number of aliphatic imine (C=N–C) groups is 1. The lowest BCUT2D eigenvalue weighted by Gasteiger charge is -2.03. The van der Waals surface area contributed by atoms with Crippen LogP contribution >= 0.6 is 11.8 Å². The van der Waals surface area contributed by atoms with E-state index >= 15 is 0 Å². The summed E-state index contributed by atoms with van der Waals surface area (Å²) < 4.78 is 0. The van der Waals surface area contributed by atoms with Gasteiger partial charge >= 0.3 is 0 Å². The average molecular weight is 178 g/mol. The van der Waals surface area contributed by atoms with Crippen molar-refractivity contribution in [3.05, 3.63) is 35.9 Å². The Morgan fingerprint density at radius 3 is 2.67 bits per heavy atom. The van der Waals surface area contributed by atoms with Crippen molar-refractivity contribution < 1.29 is 0 Å². The summed E-state index contributed by atoms with van der Waals surface area (Å²) in [5.41, 5.74) is 6.83. The van der Waals surface area contributed by atoms with Crippen LogP contribution in [0.5, 0.6) is 0 Å². The van der Waals surface area contributed by atoms with E-state index < -0.39 is 0 Å². The normalized spacial score (nSPS) is 22.3. The van der Waals surface area contributed by atoms with Crippen LogP contribution in [0.2, 0.25) is 0 Å². The Balaban J connectivity index is 2.22. The molecule has 0 amide bonds. The molecule has 2 nitrogen and oxygen atoms in total. The molecule has 1 aromatic rings. The summed E-state index contributed by atoms with van der Waals surface area (Å²) in [6.45, 7) is 0. The Hall–Kier alpha value is -0.960. The molecule has 1 atom stereocenters. The molecule has 0 saturated heterocycles. The molecule has 2 rings (SSSR count). The van der Waals surface area contributed by atoms with Crippen LogP contribution in [0.3, 0.4) is 0 Å². The zero-order valence-corrected chi connectivity index (χ0v) is 7.42. The molecule has 0 aliphatic carbocycles. The number of amidine groups is 1. The maximum Gasteiger partial charge on any atom is 0.154 e. The molecule has 3 heteroatoms. The SMILES string of the molecule is NC1=N[C@H](c2ccccc2)CS1. The molecule has 0 fully saturated rings. The van der Waals surface area contributed by atoms with Gasteiger partial charge in [0.2, 0.25) is 0 Å². The van der Waals surface area contributed by atoms with Gasteiger partial charge in [-0.3, -0.25) is 4.99 Å². The van der Waals surface area contributed by atoms with E-state index in [-0.39, 0.29) is 6.04 Å². The van der Waals surface area contributed by atoms with Crippen LogP contribution in [0.25, 0.3) is 0 Å². The first-order valence-corrected chi connectivity index (χ1v) is 4.86. The van der Waals surface area contributed by atoms with Crippen molar-refractivity contribution in [2.45, 2.75) is 6.04 Å². The third-order valence-electron chi connectivity index (χ3n) is 1.86. The molecule has 0 unspecified atom stereocenters. The van der Waals surface area contributed by atoms with E-state index in [0.717, 1.165) is 5.75 Å². The molecular formula is C9H10N2S. The largest absolute Gasteiger partial charge is 0.379 e. The predicted molar refractivity (Wildman–Crippen MR) is 53.3 cm³/mol. The van der Waals surface area contributed by atoms with Crippen molar-refractivity contribution in [3.63, 3.8) is 0 Å². The maximum atomic E-state index is 5.58. The van der Waals surface area contributed by atoms with Crippen molar-refractivity contribution in [1.29, 1.82) is 0 Å². The molecule has 1 aromatic carbocycles. The first kappa shape index (κ1) is 7.68. The van der Waals surface area contributed by atoms with Crippen molar-refractivity contribution in [1.82, 2.24) is 0 Å². The monoisotopic (exact) mass is 178 g/mol. The zero-order valence-electron chi connectivity index (χ0n) is 6.60. The molecule has 1 heterocycles. The maximum absolute atomic E-state index is 5.58. The highest BCUT2D eigenvalue weighted by Crippen LogP contribution is 2.28. The third-order valence-corrected chi connectivity index (χ3v) is 2.74. The number of hydrogen-bond acceptors (Lipinski definition) is 3. The van der Waals surface area contributed by atoms with Gasteiger partial charge in [-0.1, -0.05) is 42.1 Å². The molecule has 12 heavy (non-hydrogen) atoms. The Bertz CT molecular complexity index is 295. The predicted octanol–water partition coefficient (Wildman–Crippen LogP) is 1.79. The van der Waals surface area contributed by atoms with Crippen LogP contribution in [0, 0.1) is 0 Å². The molecule has 1 aliphatic rings. The number of rotatable bonds is 1. The molecule has 0 aromatic heterocycles. The fourth-order valence-electron chi connectivity index (χ4n) is 1.24. The van der Waals surface area contributed by atoms with Gasteiger partial charge in [0.1, 0.15) is 0 Å². The van der Waals surface area contributed by atoms with Crippen molar-refractivity contribution in [3.8, 4) is 0 Å². The summed E-state index contributed by atoms with van der Waals surface area (Å²) in [6, 6.07) is 10.5. The fourth-order valence-corrected chi connectivity index (χ4v) is 2.04. The first-order valence-electron chi connectivity index (χ1n) is 3.87. The van der Waals surface area contributed by atoms with Gasteiger partial charge in [0, 0.05) is 5.75 Å². The highest BCUT2D eigenvalue weighted by molar-refractivity contribution is 8.14. The minimum atomic E-state index is 0.274. The van der Waals surface area contributed by atoms with Crippen LogP contribution in [0.1, 0.15) is 11.6 Å². The topological polar surface area (TPSA) is 38.4 Å². The van der Waals surface area contributed by atoms with E-state index in [1.165, 1.54) is 5.56 Å². The lowest BCUT2D eigenvalue weighted by Crippen LogP contribution is -2.01. The van der Waals surface area contributed by atoms with Crippen LogP contribution in [0.15, 0.2) is 35.3 Å². The van der Waals surface area contributed by atoms with E-state index in [1.54, 1.807) is 11.8 Å². The van der Waals surface area contributed by atoms with Crippen molar-refractivity contribution in [2.75, 3.05) is 5.75 Å². The van der Waals surface area contributed by atoms with E-state index in [1.807, 2.05) is 18.2 Å². The van der Waals surface area contributed by atoms with Crippen molar-refractivity contribution >= 4 is 16.9 Å². The van der Waals surface area contributed by atoms with Crippen LogP contribution in [-0.2, 0) is 0 Å². The van der Waals surface area contributed by atoms with Crippen molar-refractivity contribution in [2.24, 2.45) is 10.7 Å². The summed E-state index contributed by atoms with van der Waals surface area (Å²) in [5, 5.41) is 0.712. The molecule has 1 aliphatic heterocycles. The van der Waals surface area contributed by atoms with Gasteiger partial charge in [0.15, 0.2) is 5.17 Å². The fraction of sp³-hybridized carbons (Fsp3) is 0.222. The Morgan fingerprint density at radius 2 is 2.08 bits per heavy atom. The number of benzene rings is 1. The summed E-state index contributed by atoms with van der Waals surface area (Å²) in [4.78, 5) is 4.32. The lowest BCUT2D eigenvalue weighted by molar-refractivity contribution is 0.848. The summed E-state index contributed by atoms with van der Waals surface area (Å²) in [5.74, 6) is 0.982. The molecule has 62 valence electrons. The average Bonchev–Trinajstić information content (AvgIpc) is 2.54. The third kappa shape index (κ3) is 1.46. The molecular weight excluding hydrogens is 168 g/mol. The second-order valence-electron chi connectivity index (χ2n) is 2.70. The minimum absolute atomic E-state index is 0.274. The second-order valence-corrected chi connectivity index (χ2v) is 3.75. The van der Waals surface area contributed by atoms with Gasteiger partial charge in [-0.15, -0.1) is 0 Å². The Labute approximate surface area is 75.9 Å². The first-order chi connectivity index (χ1) is 5.86. The molecule has 2 N–H and O–H groups in total. The van der Waals surface area contributed by atoms with E-state index in [0.29, 0.717) is 5.17 Å². The van der Waals surface area contributed by atoms with Gasteiger partial charge in [0.25, 0.3) is 0 Å². The molecule has 0 radical (unpaired) electrons. The second kappa shape index (κ2) is 3.19. The Kier molecular flexibility index (Phi) is 2.04. The summed E-state index contributed by atoms with van der Waals surface area (Å²) >= 11 is 1.63. The molecule has 0 bridgehead atoms. The standard InChI is InChI=1S/C9H10N2S/c10-9-11-8(6-12-9)7-4-2-1-3-5-7/h1-5,8H,6H2,(H2,10,11)/t8-/m0/s1. The Morgan fingerprint density at radius 1 is 1.33 bits per heavy atom. The highest BCUT2D eigenvalue weighted by atomic mass is 32.2. The summed E-state index contributed by atoms with van der Waals surface area (Å²) in [6.07, 6.45) is 0. The van der Waals surface area contributed by atoms with Crippen LogP contribution in [-0.4, -0.2) is 10.9 Å². The minimum Gasteiger partial charge on any atom is -0.379 e. The summed E-state index contributed by atoms with van der Waals surface area (Å²) in [7, 11) is 0. The van der Waals surface area contributed by atoms with Crippen LogP contribution < -0.4 is 5.73 Å². The number of hydrogen-bond donors (Lipinski definition) is 1. The van der Waals surface area contributed by atoms with E-state index in [4.69, 9.17) is 5.73 Å². The quantitative estimate of drug-likeness (QED) is 0.712.